The molecular weight excluding hydrogens is 319 g/mol. The summed E-state index contributed by atoms with van der Waals surface area (Å²) in [5.74, 6) is -0.585. The van der Waals surface area contributed by atoms with E-state index < -0.39 is 0 Å². The number of nitrogens with one attached hydrogen (secondary N) is 1. The molecule has 0 heterocycles. The lowest BCUT2D eigenvalue weighted by Crippen LogP contribution is -2.41. The molecule has 0 aliphatic carbocycles. The van der Waals surface area contributed by atoms with Crippen molar-refractivity contribution >= 4 is 11.8 Å². The number of halogens is 1. The molecule has 0 saturated carbocycles. The van der Waals surface area contributed by atoms with Crippen LogP contribution in [0.3, 0.4) is 0 Å². The molecule has 0 aliphatic heterocycles. The minimum Gasteiger partial charge on any atom is -0.354 e. The van der Waals surface area contributed by atoms with Crippen LogP contribution in [0.1, 0.15) is 18.1 Å². The highest BCUT2D eigenvalue weighted by atomic mass is 19.1. The van der Waals surface area contributed by atoms with Crippen molar-refractivity contribution in [2.45, 2.75) is 19.8 Å². The second kappa shape index (κ2) is 9.57. The molecule has 0 fully saturated rings. The third-order valence-electron chi connectivity index (χ3n) is 3.94. The zero-order valence-corrected chi connectivity index (χ0v) is 14.4. The van der Waals surface area contributed by atoms with Gasteiger partial charge in [-0.25, -0.2) is 4.39 Å². The second-order valence-corrected chi connectivity index (χ2v) is 5.90. The summed E-state index contributed by atoms with van der Waals surface area (Å²) in [5, 5.41) is 2.80. The van der Waals surface area contributed by atoms with Crippen LogP contribution in [0.25, 0.3) is 0 Å². The zero-order valence-electron chi connectivity index (χ0n) is 14.4. The Bertz CT molecular complexity index is 687. The van der Waals surface area contributed by atoms with Crippen molar-refractivity contribution in [2.24, 2.45) is 0 Å². The average molecular weight is 342 g/mol. The van der Waals surface area contributed by atoms with Crippen LogP contribution < -0.4 is 5.32 Å². The van der Waals surface area contributed by atoms with E-state index in [0.717, 1.165) is 11.1 Å². The fraction of sp³-hybridized carbons (Fsp3) is 0.300. The first-order valence-electron chi connectivity index (χ1n) is 8.35. The first kappa shape index (κ1) is 18.6. The van der Waals surface area contributed by atoms with Crippen molar-refractivity contribution in [1.82, 2.24) is 10.2 Å². The molecular formula is C20H23FN2O2. The standard InChI is InChI=1S/C20H23FN2O2/c1-16(24)23(14-12-17-5-3-2-4-6-17)15-20(25)22-13-11-18-7-9-19(21)10-8-18/h2-10H,11-15H2,1H3,(H,22,25). The Labute approximate surface area is 147 Å². The molecule has 4 nitrogen and oxygen atoms in total. The summed E-state index contributed by atoms with van der Waals surface area (Å²) >= 11 is 0. The van der Waals surface area contributed by atoms with Gasteiger partial charge in [-0.3, -0.25) is 9.59 Å². The molecule has 0 spiro atoms. The molecule has 2 amide bonds. The van der Waals surface area contributed by atoms with Crippen molar-refractivity contribution in [3.05, 3.63) is 71.5 Å². The largest absolute Gasteiger partial charge is 0.354 e. The van der Waals surface area contributed by atoms with E-state index in [9.17, 15) is 14.0 Å². The monoisotopic (exact) mass is 342 g/mol. The van der Waals surface area contributed by atoms with Crippen LogP contribution in [0, 0.1) is 5.82 Å². The van der Waals surface area contributed by atoms with Crippen LogP contribution in [0.4, 0.5) is 4.39 Å². The fourth-order valence-electron chi connectivity index (χ4n) is 2.48. The minimum absolute atomic E-state index is 0.0472. The highest BCUT2D eigenvalue weighted by Gasteiger charge is 2.13. The van der Waals surface area contributed by atoms with Crippen LogP contribution in [0.2, 0.25) is 0 Å². The van der Waals surface area contributed by atoms with Gasteiger partial charge in [-0.1, -0.05) is 42.5 Å². The topological polar surface area (TPSA) is 49.4 Å². The molecule has 0 aromatic heterocycles. The summed E-state index contributed by atoms with van der Waals surface area (Å²) < 4.78 is 12.8. The van der Waals surface area contributed by atoms with E-state index in [1.165, 1.54) is 19.1 Å². The van der Waals surface area contributed by atoms with E-state index in [4.69, 9.17) is 0 Å². The Balaban J connectivity index is 1.75. The highest BCUT2D eigenvalue weighted by molar-refractivity contribution is 5.83. The summed E-state index contributed by atoms with van der Waals surface area (Å²) in [6, 6.07) is 16.1. The van der Waals surface area contributed by atoms with Gasteiger partial charge in [-0.15, -0.1) is 0 Å². The van der Waals surface area contributed by atoms with Gasteiger partial charge in [0.05, 0.1) is 6.54 Å². The Morgan fingerprint density at radius 1 is 0.960 bits per heavy atom. The number of benzene rings is 2. The Hall–Kier alpha value is -2.69. The molecule has 2 rings (SSSR count). The van der Waals surface area contributed by atoms with Crippen LogP contribution in [-0.4, -0.2) is 36.3 Å². The molecule has 0 aliphatic rings. The third-order valence-corrected chi connectivity index (χ3v) is 3.94. The predicted molar refractivity (Wildman–Crippen MR) is 95.5 cm³/mol. The number of hydrogen-bond acceptors (Lipinski definition) is 2. The lowest BCUT2D eigenvalue weighted by Gasteiger charge is -2.20. The highest BCUT2D eigenvalue weighted by Crippen LogP contribution is 2.03. The van der Waals surface area contributed by atoms with Crippen LogP contribution in [0.15, 0.2) is 54.6 Å². The fourth-order valence-corrected chi connectivity index (χ4v) is 2.48. The lowest BCUT2D eigenvalue weighted by molar-refractivity contribution is -0.134. The molecule has 1 N–H and O–H groups in total. The van der Waals surface area contributed by atoms with Gasteiger partial charge < -0.3 is 10.2 Å². The molecule has 5 heteroatoms. The van der Waals surface area contributed by atoms with Crippen molar-refractivity contribution in [3.8, 4) is 0 Å². The van der Waals surface area contributed by atoms with Gasteiger partial charge >= 0.3 is 0 Å². The Morgan fingerprint density at radius 3 is 2.24 bits per heavy atom. The quantitative estimate of drug-likeness (QED) is 0.802. The van der Waals surface area contributed by atoms with Crippen LogP contribution >= 0.6 is 0 Å². The van der Waals surface area contributed by atoms with Gasteiger partial charge in [-0.2, -0.15) is 0 Å². The van der Waals surface area contributed by atoms with Gasteiger partial charge in [-0.05, 0) is 36.1 Å². The number of nitrogens with zero attached hydrogens (tertiary/aromatic N) is 1. The maximum atomic E-state index is 12.8. The molecule has 0 saturated heterocycles. The molecule has 132 valence electrons. The summed E-state index contributed by atoms with van der Waals surface area (Å²) in [5.41, 5.74) is 2.08. The molecule has 0 radical (unpaired) electrons. The smallest absolute Gasteiger partial charge is 0.239 e. The van der Waals surface area contributed by atoms with E-state index in [2.05, 4.69) is 5.32 Å². The molecule has 0 bridgehead atoms. The van der Waals surface area contributed by atoms with Crippen LogP contribution in [-0.2, 0) is 22.4 Å². The zero-order chi connectivity index (χ0) is 18.1. The van der Waals surface area contributed by atoms with Crippen molar-refractivity contribution in [2.75, 3.05) is 19.6 Å². The molecule has 2 aromatic rings. The maximum absolute atomic E-state index is 12.8. The molecule has 25 heavy (non-hydrogen) atoms. The Morgan fingerprint density at radius 2 is 1.60 bits per heavy atom. The van der Waals surface area contributed by atoms with Crippen molar-refractivity contribution < 1.29 is 14.0 Å². The van der Waals surface area contributed by atoms with Gasteiger partial charge in [0, 0.05) is 20.0 Å². The van der Waals surface area contributed by atoms with E-state index in [1.54, 1.807) is 17.0 Å². The molecule has 0 unspecified atom stereocenters. The van der Waals surface area contributed by atoms with E-state index in [1.807, 2.05) is 30.3 Å². The molecule has 0 atom stereocenters. The van der Waals surface area contributed by atoms with Crippen LogP contribution in [0.5, 0.6) is 0 Å². The van der Waals surface area contributed by atoms with Crippen molar-refractivity contribution in [3.63, 3.8) is 0 Å². The number of carbonyl (C=O) groups excluding carboxylic acids is 2. The first-order valence-corrected chi connectivity index (χ1v) is 8.35. The average Bonchev–Trinajstić information content (AvgIpc) is 2.61. The summed E-state index contributed by atoms with van der Waals surface area (Å²) in [4.78, 5) is 25.3. The van der Waals surface area contributed by atoms with Crippen molar-refractivity contribution in [1.29, 1.82) is 0 Å². The van der Waals surface area contributed by atoms with Gasteiger partial charge in [0.25, 0.3) is 0 Å². The summed E-state index contributed by atoms with van der Waals surface area (Å²) in [7, 11) is 0. The number of amides is 2. The lowest BCUT2D eigenvalue weighted by atomic mass is 10.1. The maximum Gasteiger partial charge on any atom is 0.239 e. The SMILES string of the molecule is CC(=O)N(CCc1ccccc1)CC(=O)NCCc1ccc(F)cc1. The Kier molecular flexibility index (Phi) is 7.14. The van der Waals surface area contributed by atoms with E-state index in [-0.39, 0.29) is 24.2 Å². The van der Waals surface area contributed by atoms with E-state index >= 15 is 0 Å². The number of hydrogen-bond donors (Lipinski definition) is 1. The normalized spacial score (nSPS) is 10.3. The summed E-state index contributed by atoms with van der Waals surface area (Å²) in [6.07, 6.45) is 1.33. The van der Waals surface area contributed by atoms with Gasteiger partial charge in [0.1, 0.15) is 5.82 Å². The second-order valence-electron chi connectivity index (χ2n) is 5.90. The van der Waals surface area contributed by atoms with Gasteiger partial charge in [0.15, 0.2) is 0 Å². The summed E-state index contributed by atoms with van der Waals surface area (Å²) in [6.45, 7) is 2.47. The third kappa shape index (κ3) is 6.75. The predicted octanol–water partition coefficient (Wildman–Crippen LogP) is 2.58. The minimum atomic E-state index is -0.275. The first-order chi connectivity index (χ1) is 12.0. The van der Waals surface area contributed by atoms with Gasteiger partial charge in [0.2, 0.25) is 11.8 Å². The number of rotatable bonds is 8. The molecule has 2 aromatic carbocycles. The van der Waals surface area contributed by atoms with E-state index in [0.29, 0.717) is 25.9 Å². The number of carbonyl (C=O) groups is 2.